The zero-order valence-electron chi connectivity index (χ0n) is 16.3. The van der Waals surface area contributed by atoms with Crippen molar-refractivity contribution in [2.75, 3.05) is 23.8 Å². The normalized spacial score (nSPS) is 16.4. The van der Waals surface area contributed by atoms with E-state index in [0.717, 1.165) is 57.9 Å². The number of fused-ring (bicyclic) bond motifs is 2. The number of benzene rings is 1. The number of aromatic amines is 1. The zero-order valence-corrected chi connectivity index (χ0v) is 16.3. The highest BCUT2D eigenvalue weighted by Crippen LogP contribution is 2.41. The number of H-pyrrole nitrogens is 1. The number of imidazole rings is 1. The molecule has 146 valence electrons. The van der Waals surface area contributed by atoms with Gasteiger partial charge in [0.25, 0.3) is 5.91 Å². The number of ether oxygens (including phenoxy) is 1. The number of carbonyl (C=O) groups is 1. The van der Waals surface area contributed by atoms with E-state index < -0.39 is 0 Å². The van der Waals surface area contributed by atoms with Crippen molar-refractivity contribution in [2.24, 2.45) is 0 Å². The summed E-state index contributed by atoms with van der Waals surface area (Å²) >= 11 is 0. The Morgan fingerprint density at radius 1 is 1.24 bits per heavy atom. The Balaban J connectivity index is 1.66. The minimum atomic E-state index is -0.0843. The van der Waals surface area contributed by atoms with Crippen LogP contribution in [-0.4, -0.2) is 34.0 Å². The number of amides is 1. The van der Waals surface area contributed by atoms with Gasteiger partial charge in [0.05, 0.1) is 23.8 Å². The summed E-state index contributed by atoms with van der Waals surface area (Å²) in [4.78, 5) is 24.5. The van der Waals surface area contributed by atoms with Gasteiger partial charge in [-0.25, -0.2) is 9.97 Å². The Kier molecular flexibility index (Phi) is 4.08. The predicted octanol–water partition coefficient (Wildman–Crippen LogP) is 3.86. The van der Waals surface area contributed by atoms with Crippen molar-refractivity contribution in [3.05, 3.63) is 53.7 Å². The van der Waals surface area contributed by atoms with Gasteiger partial charge in [-0.3, -0.25) is 4.79 Å². The molecule has 0 spiro atoms. The smallest absolute Gasteiger partial charge is 0.256 e. The maximum absolute atomic E-state index is 12.8. The Bertz CT molecular complexity index is 1150. The van der Waals surface area contributed by atoms with Crippen molar-refractivity contribution in [1.29, 1.82) is 0 Å². The van der Waals surface area contributed by atoms with E-state index in [0.29, 0.717) is 18.1 Å². The molecule has 7 nitrogen and oxygen atoms in total. The van der Waals surface area contributed by atoms with E-state index in [1.807, 2.05) is 25.3 Å². The van der Waals surface area contributed by atoms with Gasteiger partial charge in [-0.05, 0) is 42.2 Å². The monoisotopic (exact) mass is 387 g/mol. The minimum absolute atomic E-state index is 0.0843. The fourth-order valence-electron chi connectivity index (χ4n) is 4.07. The molecule has 3 N–H and O–H groups in total. The van der Waals surface area contributed by atoms with Crippen LogP contribution in [0.1, 0.15) is 30.2 Å². The topological polar surface area (TPSA) is 91.9 Å². The second kappa shape index (κ2) is 6.77. The number of rotatable bonds is 3. The van der Waals surface area contributed by atoms with Crippen molar-refractivity contribution in [2.45, 2.75) is 20.3 Å². The summed E-state index contributed by atoms with van der Waals surface area (Å²) in [5, 5.41) is 6.37. The lowest BCUT2D eigenvalue weighted by Crippen LogP contribution is -2.20. The van der Waals surface area contributed by atoms with E-state index >= 15 is 0 Å². The second-order valence-corrected chi connectivity index (χ2v) is 7.14. The summed E-state index contributed by atoms with van der Waals surface area (Å²) < 4.78 is 5.64. The van der Waals surface area contributed by atoms with Gasteiger partial charge in [-0.15, -0.1) is 0 Å². The molecule has 0 atom stereocenters. The average Bonchev–Trinajstić information content (AvgIpc) is 3.38. The maximum atomic E-state index is 12.8. The molecule has 2 aromatic heterocycles. The highest BCUT2D eigenvalue weighted by Gasteiger charge is 2.28. The predicted molar refractivity (Wildman–Crippen MR) is 113 cm³/mol. The van der Waals surface area contributed by atoms with Gasteiger partial charge in [0, 0.05) is 29.6 Å². The summed E-state index contributed by atoms with van der Waals surface area (Å²) in [6.45, 7) is 5.49. The first-order chi connectivity index (χ1) is 14.2. The summed E-state index contributed by atoms with van der Waals surface area (Å²) in [6, 6.07) is 6.04. The third-order valence-electron chi connectivity index (χ3n) is 5.50. The quantitative estimate of drug-likeness (QED) is 0.594. The van der Waals surface area contributed by atoms with Crippen molar-refractivity contribution < 1.29 is 9.53 Å². The molecule has 7 heteroatoms. The highest BCUT2D eigenvalue weighted by atomic mass is 16.5. The Hall–Kier alpha value is -3.61. The lowest BCUT2D eigenvalue weighted by atomic mass is 9.93. The van der Waals surface area contributed by atoms with Gasteiger partial charge >= 0.3 is 0 Å². The molecule has 2 aliphatic rings. The molecule has 5 rings (SSSR count). The Morgan fingerprint density at radius 3 is 2.93 bits per heavy atom. The van der Waals surface area contributed by atoms with Crippen LogP contribution in [0, 0.1) is 6.92 Å². The Morgan fingerprint density at radius 2 is 2.14 bits per heavy atom. The van der Waals surface area contributed by atoms with Gasteiger partial charge in [0.1, 0.15) is 12.3 Å². The number of anilines is 2. The van der Waals surface area contributed by atoms with E-state index in [4.69, 9.17) is 4.74 Å². The van der Waals surface area contributed by atoms with Gasteiger partial charge in [0.2, 0.25) is 5.88 Å². The van der Waals surface area contributed by atoms with Crippen LogP contribution in [0.25, 0.3) is 22.3 Å². The van der Waals surface area contributed by atoms with E-state index in [2.05, 4.69) is 38.6 Å². The van der Waals surface area contributed by atoms with E-state index in [-0.39, 0.29) is 5.91 Å². The molecule has 1 aromatic carbocycles. The number of nitrogens with one attached hydrogen (secondary N) is 3. The number of allylic oxidation sites excluding steroid dienone is 1. The van der Waals surface area contributed by atoms with Crippen molar-refractivity contribution >= 4 is 28.4 Å². The molecule has 0 aliphatic carbocycles. The summed E-state index contributed by atoms with van der Waals surface area (Å²) in [6.07, 6.45) is 5.94. The van der Waals surface area contributed by atoms with Crippen LogP contribution in [0.5, 0.6) is 5.88 Å². The van der Waals surface area contributed by atoms with E-state index in [9.17, 15) is 4.79 Å². The molecule has 0 bridgehead atoms. The molecule has 0 radical (unpaired) electrons. The van der Waals surface area contributed by atoms with Gasteiger partial charge in [-0.1, -0.05) is 13.0 Å². The molecule has 1 amide bonds. The number of hydrogen-bond donors (Lipinski definition) is 3. The first kappa shape index (κ1) is 17.5. The minimum Gasteiger partial charge on any atom is -0.474 e. The Labute approximate surface area is 168 Å². The van der Waals surface area contributed by atoms with Crippen molar-refractivity contribution in [3.63, 3.8) is 0 Å². The first-order valence-corrected chi connectivity index (χ1v) is 9.71. The number of hydrogen-bond acceptors (Lipinski definition) is 5. The van der Waals surface area contributed by atoms with Crippen LogP contribution in [0.3, 0.4) is 0 Å². The number of pyridine rings is 1. The maximum Gasteiger partial charge on any atom is 0.256 e. The fourth-order valence-corrected chi connectivity index (χ4v) is 4.07. The lowest BCUT2D eigenvalue weighted by molar-refractivity contribution is -0.110. The standard InChI is InChI=1S/C22H21N5O2/c1-3-14(18-10-23-11-26-18)19-15-8-13(4-5-17(15)27-21(19)28)16-9-25-22-20(12(16)2)24-6-7-29-22/h4-5,8-11,24H,3,6-7H2,1-2H3,(H,23,26)(H,27,28)/b19-14-. The van der Waals surface area contributed by atoms with Crippen LogP contribution in [0.4, 0.5) is 11.4 Å². The van der Waals surface area contributed by atoms with E-state index in [1.54, 1.807) is 12.5 Å². The number of aromatic nitrogens is 3. The molecule has 4 heterocycles. The van der Waals surface area contributed by atoms with Crippen LogP contribution in [-0.2, 0) is 4.79 Å². The number of nitrogens with zero attached hydrogens (tertiary/aromatic N) is 2. The molecular formula is C22H21N5O2. The van der Waals surface area contributed by atoms with Crippen molar-refractivity contribution in [3.8, 4) is 17.0 Å². The van der Waals surface area contributed by atoms with Gasteiger partial charge in [-0.2, -0.15) is 0 Å². The molecule has 0 saturated carbocycles. The zero-order chi connectivity index (χ0) is 20.0. The molecule has 3 aromatic rings. The third-order valence-corrected chi connectivity index (χ3v) is 5.50. The van der Waals surface area contributed by atoms with E-state index in [1.165, 1.54) is 0 Å². The first-order valence-electron chi connectivity index (χ1n) is 9.71. The summed E-state index contributed by atoms with van der Waals surface area (Å²) in [5.74, 6) is 0.558. The molecule has 0 unspecified atom stereocenters. The third kappa shape index (κ3) is 2.77. The second-order valence-electron chi connectivity index (χ2n) is 7.14. The molecule has 2 aliphatic heterocycles. The van der Waals surface area contributed by atoms with Crippen LogP contribution in [0.15, 0.2) is 36.9 Å². The van der Waals surface area contributed by atoms with Crippen LogP contribution >= 0.6 is 0 Å². The molecular weight excluding hydrogens is 366 g/mol. The van der Waals surface area contributed by atoms with Crippen LogP contribution in [0.2, 0.25) is 0 Å². The lowest BCUT2D eigenvalue weighted by Gasteiger charge is -2.21. The summed E-state index contributed by atoms with van der Waals surface area (Å²) in [5.41, 5.74) is 8.28. The van der Waals surface area contributed by atoms with Gasteiger partial charge < -0.3 is 20.4 Å². The highest BCUT2D eigenvalue weighted by molar-refractivity contribution is 6.36. The number of carbonyl (C=O) groups excluding carboxylic acids is 1. The molecule has 0 fully saturated rings. The average molecular weight is 387 g/mol. The molecule has 29 heavy (non-hydrogen) atoms. The van der Waals surface area contributed by atoms with Gasteiger partial charge in [0.15, 0.2) is 0 Å². The molecule has 0 saturated heterocycles. The SMILES string of the molecule is CC/C(=C1/C(=O)Nc2ccc(-c3cnc4c(c3C)NCCO4)cc21)c1cnc[nH]1. The largest absolute Gasteiger partial charge is 0.474 e. The fraction of sp³-hybridized carbons (Fsp3) is 0.227. The van der Waals surface area contributed by atoms with Crippen molar-refractivity contribution in [1.82, 2.24) is 15.0 Å². The summed E-state index contributed by atoms with van der Waals surface area (Å²) in [7, 11) is 0. The van der Waals surface area contributed by atoms with Crippen LogP contribution < -0.4 is 15.4 Å².